The van der Waals surface area contributed by atoms with Crippen LogP contribution < -0.4 is 10.6 Å². The van der Waals surface area contributed by atoms with Crippen LogP contribution in [0.25, 0.3) is 0 Å². The Hall–Kier alpha value is -1.26. The van der Waals surface area contributed by atoms with Crippen molar-refractivity contribution in [3.05, 3.63) is 0 Å². The molecule has 0 aromatic rings. The van der Waals surface area contributed by atoms with Gasteiger partial charge in [0.15, 0.2) is 0 Å². The molecule has 0 aromatic heterocycles. The smallest absolute Gasteiger partial charge is 0.328 e. The van der Waals surface area contributed by atoms with Crippen molar-refractivity contribution in [2.75, 3.05) is 7.11 Å². The van der Waals surface area contributed by atoms with Gasteiger partial charge in [-0.3, -0.25) is 0 Å². The Kier molecular flexibility index (Phi) is 3.54. The number of carbonyl (C=O) groups is 2. The second kappa shape index (κ2) is 5.43. The summed E-state index contributed by atoms with van der Waals surface area (Å²) in [4.78, 5) is 24.2. The lowest BCUT2D eigenvalue weighted by Crippen LogP contribution is -2.59. The molecule has 22 heavy (non-hydrogen) atoms. The van der Waals surface area contributed by atoms with E-state index in [-0.39, 0.29) is 17.9 Å². The molecule has 5 nitrogen and oxygen atoms in total. The fraction of sp³-hybridized carbons (Fsp3) is 0.882. The van der Waals surface area contributed by atoms with Crippen molar-refractivity contribution >= 4 is 12.0 Å². The number of carbonyl (C=O) groups excluding carboxylic acids is 2. The van der Waals surface area contributed by atoms with Crippen LogP contribution >= 0.6 is 0 Å². The van der Waals surface area contributed by atoms with Crippen LogP contribution in [0.15, 0.2) is 0 Å². The average molecular weight is 306 g/mol. The highest BCUT2D eigenvalue weighted by molar-refractivity contribution is 5.84. The SMILES string of the molecule is COC(=O)[C@@H](NC(=O)NC1C2CC3CC(C2)CC1C3)C1CC1. The van der Waals surface area contributed by atoms with E-state index in [1.54, 1.807) is 0 Å². The van der Waals surface area contributed by atoms with Crippen molar-refractivity contribution in [2.45, 2.75) is 57.0 Å². The van der Waals surface area contributed by atoms with Crippen LogP contribution in [-0.4, -0.2) is 31.2 Å². The van der Waals surface area contributed by atoms with Gasteiger partial charge in [0.25, 0.3) is 0 Å². The molecule has 0 aromatic carbocycles. The molecule has 5 aliphatic carbocycles. The van der Waals surface area contributed by atoms with E-state index in [0.717, 1.165) is 24.7 Å². The van der Waals surface area contributed by atoms with Gasteiger partial charge in [0.2, 0.25) is 0 Å². The molecular weight excluding hydrogens is 280 g/mol. The highest BCUT2D eigenvalue weighted by atomic mass is 16.5. The summed E-state index contributed by atoms with van der Waals surface area (Å²) in [6.45, 7) is 0. The van der Waals surface area contributed by atoms with Crippen molar-refractivity contribution in [3.63, 3.8) is 0 Å². The molecule has 5 aliphatic rings. The van der Waals surface area contributed by atoms with E-state index in [1.165, 1.54) is 39.2 Å². The van der Waals surface area contributed by atoms with E-state index in [1.807, 2.05) is 0 Å². The summed E-state index contributed by atoms with van der Waals surface area (Å²) in [5, 5.41) is 6.06. The zero-order chi connectivity index (χ0) is 15.3. The first kappa shape index (κ1) is 14.3. The number of amides is 2. The highest BCUT2D eigenvalue weighted by Crippen LogP contribution is 2.53. The van der Waals surface area contributed by atoms with Gasteiger partial charge in [-0.1, -0.05) is 0 Å². The molecule has 5 fully saturated rings. The van der Waals surface area contributed by atoms with Crippen molar-refractivity contribution in [1.82, 2.24) is 10.6 Å². The topological polar surface area (TPSA) is 67.4 Å². The molecule has 5 rings (SSSR count). The molecule has 5 saturated carbocycles. The van der Waals surface area contributed by atoms with Gasteiger partial charge >= 0.3 is 12.0 Å². The van der Waals surface area contributed by atoms with Gasteiger partial charge in [0.05, 0.1) is 7.11 Å². The molecule has 0 spiro atoms. The summed E-state index contributed by atoms with van der Waals surface area (Å²) in [7, 11) is 1.38. The number of methoxy groups -OCH3 is 1. The number of rotatable bonds is 4. The number of nitrogens with one attached hydrogen (secondary N) is 2. The molecule has 0 heterocycles. The Morgan fingerprint density at radius 3 is 2.09 bits per heavy atom. The molecule has 5 heteroatoms. The predicted molar refractivity (Wildman–Crippen MR) is 81.0 cm³/mol. The lowest BCUT2D eigenvalue weighted by atomic mass is 9.54. The summed E-state index contributed by atoms with van der Waals surface area (Å²) < 4.78 is 4.82. The van der Waals surface area contributed by atoms with Gasteiger partial charge in [0, 0.05) is 6.04 Å². The summed E-state index contributed by atoms with van der Waals surface area (Å²) in [5.41, 5.74) is 0. The Morgan fingerprint density at radius 2 is 1.59 bits per heavy atom. The number of hydrogen-bond acceptors (Lipinski definition) is 3. The average Bonchev–Trinajstić information content (AvgIpc) is 3.31. The fourth-order valence-corrected chi connectivity index (χ4v) is 5.42. The molecule has 0 radical (unpaired) electrons. The quantitative estimate of drug-likeness (QED) is 0.781. The van der Waals surface area contributed by atoms with Gasteiger partial charge in [-0.05, 0) is 74.5 Å². The molecule has 2 N–H and O–H groups in total. The second-order valence-electron chi connectivity index (χ2n) is 7.91. The molecule has 0 unspecified atom stereocenters. The molecule has 1 atom stereocenters. The molecule has 4 bridgehead atoms. The third-order valence-electron chi connectivity index (χ3n) is 6.36. The molecule has 122 valence electrons. The third-order valence-corrected chi connectivity index (χ3v) is 6.36. The monoisotopic (exact) mass is 306 g/mol. The molecule has 0 aliphatic heterocycles. The van der Waals surface area contributed by atoms with Crippen molar-refractivity contribution in [3.8, 4) is 0 Å². The number of hydrogen-bond donors (Lipinski definition) is 2. The number of ether oxygens (including phenoxy) is 1. The summed E-state index contributed by atoms with van der Waals surface area (Å²) in [6, 6.07) is -0.341. The van der Waals surface area contributed by atoms with Gasteiger partial charge in [-0.2, -0.15) is 0 Å². The van der Waals surface area contributed by atoms with Crippen LogP contribution in [-0.2, 0) is 9.53 Å². The van der Waals surface area contributed by atoms with Crippen LogP contribution in [0.1, 0.15) is 44.9 Å². The van der Waals surface area contributed by atoms with E-state index >= 15 is 0 Å². The van der Waals surface area contributed by atoms with Crippen molar-refractivity contribution in [2.24, 2.45) is 29.6 Å². The van der Waals surface area contributed by atoms with E-state index in [0.29, 0.717) is 17.9 Å². The zero-order valence-corrected chi connectivity index (χ0v) is 13.2. The molecule has 0 saturated heterocycles. The Bertz CT molecular complexity index is 447. The van der Waals surface area contributed by atoms with E-state index < -0.39 is 6.04 Å². The highest BCUT2D eigenvalue weighted by Gasteiger charge is 2.49. The van der Waals surface area contributed by atoms with E-state index in [2.05, 4.69) is 10.6 Å². The van der Waals surface area contributed by atoms with Crippen LogP contribution in [0.3, 0.4) is 0 Å². The molecular formula is C17H26N2O3. The van der Waals surface area contributed by atoms with Gasteiger partial charge in [-0.15, -0.1) is 0 Å². The van der Waals surface area contributed by atoms with Crippen molar-refractivity contribution < 1.29 is 14.3 Å². The minimum absolute atomic E-state index is 0.181. The van der Waals surface area contributed by atoms with Gasteiger partial charge < -0.3 is 15.4 Å². The normalized spacial score (nSPS) is 40.1. The van der Waals surface area contributed by atoms with Crippen LogP contribution in [0.2, 0.25) is 0 Å². The Balaban J connectivity index is 1.36. The van der Waals surface area contributed by atoms with Crippen LogP contribution in [0.4, 0.5) is 4.79 Å². The summed E-state index contributed by atoms with van der Waals surface area (Å²) in [5.74, 6) is 3.05. The second-order valence-corrected chi connectivity index (χ2v) is 7.91. The lowest BCUT2D eigenvalue weighted by molar-refractivity contribution is -0.143. The van der Waals surface area contributed by atoms with Crippen LogP contribution in [0.5, 0.6) is 0 Å². The summed E-state index contributed by atoms with van der Waals surface area (Å²) >= 11 is 0. The number of urea groups is 1. The third kappa shape index (κ3) is 2.59. The van der Waals surface area contributed by atoms with Crippen molar-refractivity contribution in [1.29, 1.82) is 0 Å². The zero-order valence-electron chi connectivity index (χ0n) is 13.2. The Labute approximate surface area is 131 Å². The first-order chi connectivity index (χ1) is 10.6. The maximum Gasteiger partial charge on any atom is 0.328 e. The van der Waals surface area contributed by atoms with Gasteiger partial charge in [-0.25, -0.2) is 9.59 Å². The number of esters is 1. The predicted octanol–water partition coefficient (Wildman–Crippen LogP) is 2.06. The largest absolute Gasteiger partial charge is 0.467 e. The maximum atomic E-state index is 12.4. The standard InChI is InChI=1S/C17H26N2O3/c1-22-16(20)15(11-2-3-11)19-17(21)18-14-12-5-9-4-10(7-12)8-13(14)6-9/h9-15H,2-8H2,1H3,(H2,18,19,21)/t9?,10?,12?,13?,14?,15-/m0/s1. The fourth-order valence-electron chi connectivity index (χ4n) is 5.42. The van der Waals surface area contributed by atoms with E-state index in [4.69, 9.17) is 4.74 Å². The Morgan fingerprint density at radius 1 is 1.00 bits per heavy atom. The van der Waals surface area contributed by atoms with Gasteiger partial charge in [0.1, 0.15) is 6.04 Å². The first-order valence-electron chi connectivity index (χ1n) is 8.79. The first-order valence-corrected chi connectivity index (χ1v) is 8.79. The van der Waals surface area contributed by atoms with E-state index in [9.17, 15) is 9.59 Å². The maximum absolute atomic E-state index is 12.4. The lowest BCUT2D eigenvalue weighted by Gasteiger charge is -2.54. The molecule has 2 amide bonds. The minimum atomic E-state index is -0.471. The summed E-state index contributed by atoms with van der Waals surface area (Å²) in [6.07, 6.45) is 8.53. The minimum Gasteiger partial charge on any atom is -0.467 e. The van der Waals surface area contributed by atoms with Crippen LogP contribution in [0, 0.1) is 29.6 Å².